The molecule has 130 valence electrons. The van der Waals surface area contributed by atoms with Gasteiger partial charge in [-0.05, 0) is 36.4 Å². The number of primary sulfonamides is 1. The number of nitrogens with zero attached hydrogens (tertiary/aromatic N) is 1. The van der Waals surface area contributed by atoms with E-state index in [0.29, 0.717) is 5.69 Å². The molecule has 0 fully saturated rings. The molecule has 0 bridgehead atoms. The Bertz CT molecular complexity index is 1100. The smallest absolute Gasteiger partial charge is 0.267 e. The number of nitrogens with two attached hydrogens (primary N) is 1. The fraction of sp³-hybridized carbons (Fsp3) is 0. The highest BCUT2D eigenvalue weighted by Crippen LogP contribution is 2.28. The molecule has 0 unspecified atom stereocenters. The van der Waals surface area contributed by atoms with Crippen LogP contribution in [-0.4, -0.2) is 13.0 Å². The van der Waals surface area contributed by atoms with Crippen molar-refractivity contribution in [3.63, 3.8) is 0 Å². The van der Waals surface area contributed by atoms with Gasteiger partial charge in [-0.1, -0.05) is 27.3 Å². The monoisotopic (exact) mass is 446 g/mol. The molecule has 0 saturated carbocycles. The molecule has 25 heavy (non-hydrogen) atoms. The lowest BCUT2D eigenvalue weighted by molar-refractivity contribution is 0.520. The third-order valence-electron chi connectivity index (χ3n) is 3.36. The van der Waals surface area contributed by atoms with Crippen molar-refractivity contribution < 1.29 is 17.2 Å². The van der Waals surface area contributed by atoms with Crippen molar-refractivity contribution in [1.82, 2.24) is 4.57 Å². The van der Waals surface area contributed by atoms with Crippen molar-refractivity contribution in [2.75, 3.05) is 0 Å². The predicted octanol–water partition coefficient (Wildman–Crippen LogP) is 3.25. The number of sulfonamides is 1. The second-order valence-corrected chi connectivity index (χ2v) is 8.25. The van der Waals surface area contributed by atoms with Gasteiger partial charge in [-0.3, -0.25) is 9.36 Å². The highest BCUT2D eigenvalue weighted by atomic mass is 79.9. The number of hydrogen-bond donors (Lipinski definition) is 1. The van der Waals surface area contributed by atoms with E-state index < -0.39 is 26.6 Å². The standard InChI is InChI=1S/C15H9BrF2N2O3S2/c16-9-1-3-10(4-2-9)20-13(7-24-15(20)21)8-5-11(17)14(12(18)6-8)25(19,22)23/h1-7H,(H2,19,22,23). The maximum atomic E-state index is 14.1. The van der Waals surface area contributed by atoms with Crippen LogP contribution in [0.3, 0.4) is 0 Å². The van der Waals surface area contributed by atoms with Gasteiger partial charge in [0.1, 0.15) is 11.6 Å². The fourth-order valence-electron chi connectivity index (χ4n) is 2.32. The van der Waals surface area contributed by atoms with Crippen LogP contribution >= 0.6 is 27.3 Å². The SMILES string of the molecule is NS(=O)(=O)c1c(F)cc(-c2csc(=O)n2-c2ccc(Br)cc2)cc1F. The fourth-order valence-corrected chi connectivity index (χ4v) is 4.01. The highest BCUT2D eigenvalue weighted by molar-refractivity contribution is 9.10. The zero-order valence-corrected chi connectivity index (χ0v) is 15.5. The topological polar surface area (TPSA) is 82.2 Å². The number of aromatic nitrogens is 1. The lowest BCUT2D eigenvalue weighted by Crippen LogP contribution is -2.16. The van der Waals surface area contributed by atoms with Crippen molar-refractivity contribution in [1.29, 1.82) is 0 Å². The highest BCUT2D eigenvalue weighted by Gasteiger charge is 2.23. The maximum Gasteiger partial charge on any atom is 0.312 e. The molecule has 3 rings (SSSR count). The van der Waals surface area contributed by atoms with Crippen molar-refractivity contribution in [3.05, 3.63) is 67.6 Å². The Morgan fingerprint density at radius 1 is 1.08 bits per heavy atom. The van der Waals surface area contributed by atoms with Gasteiger partial charge >= 0.3 is 4.87 Å². The minimum Gasteiger partial charge on any atom is -0.267 e. The summed E-state index contributed by atoms with van der Waals surface area (Å²) in [7, 11) is -4.55. The lowest BCUT2D eigenvalue weighted by Gasteiger charge is -2.10. The summed E-state index contributed by atoms with van der Waals surface area (Å²) in [5, 5.41) is 6.26. The Labute approximate surface area is 153 Å². The Hall–Kier alpha value is -1.88. The van der Waals surface area contributed by atoms with Gasteiger partial charge in [0, 0.05) is 15.4 Å². The molecule has 0 radical (unpaired) electrons. The zero-order valence-electron chi connectivity index (χ0n) is 12.2. The lowest BCUT2D eigenvalue weighted by atomic mass is 10.1. The first kappa shape index (κ1) is 17.9. The molecule has 1 heterocycles. The molecule has 0 saturated heterocycles. The van der Waals surface area contributed by atoms with Crippen LogP contribution < -0.4 is 10.0 Å². The summed E-state index contributed by atoms with van der Waals surface area (Å²) >= 11 is 4.14. The summed E-state index contributed by atoms with van der Waals surface area (Å²) in [5.74, 6) is -2.64. The minimum atomic E-state index is -4.55. The normalized spacial score (nSPS) is 11.7. The summed E-state index contributed by atoms with van der Waals surface area (Å²) in [6, 6.07) is 8.42. The molecular weight excluding hydrogens is 438 g/mol. The van der Waals surface area contributed by atoms with E-state index in [-0.39, 0.29) is 16.1 Å². The number of halogens is 3. The van der Waals surface area contributed by atoms with Gasteiger partial charge in [0.2, 0.25) is 10.0 Å². The van der Waals surface area contributed by atoms with Crippen LogP contribution in [0.15, 0.2) is 55.9 Å². The van der Waals surface area contributed by atoms with Crippen LogP contribution in [0.5, 0.6) is 0 Å². The van der Waals surface area contributed by atoms with E-state index in [0.717, 1.165) is 27.9 Å². The second-order valence-electron chi connectivity index (χ2n) is 5.01. The number of hydrogen-bond acceptors (Lipinski definition) is 4. The zero-order chi connectivity index (χ0) is 18.4. The Kier molecular flexibility index (Phi) is 4.62. The van der Waals surface area contributed by atoms with Gasteiger partial charge in [0.25, 0.3) is 0 Å². The maximum absolute atomic E-state index is 14.1. The van der Waals surface area contributed by atoms with Crippen LogP contribution in [0, 0.1) is 11.6 Å². The number of thiazole rings is 1. The van der Waals surface area contributed by atoms with Crippen molar-refractivity contribution in [2.24, 2.45) is 5.14 Å². The molecule has 0 amide bonds. The Balaban J connectivity index is 2.23. The average Bonchev–Trinajstić information content (AvgIpc) is 2.87. The Morgan fingerprint density at radius 2 is 1.64 bits per heavy atom. The second kappa shape index (κ2) is 6.45. The molecular formula is C15H9BrF2N2O3S2. The van der Waals surface area contributed by atoms with E-state index in [1.165, 1.54) is 9.95 Å². The molecule has 1 aromatic heterocycles. The number of benzene rings is 2. The van der Waals surface area contributed by atoms with E-state index >= 15 is 0 Å². The van der Waals surface area contributed by atoms with Gasteiger partial charge in [-0.2, -0.15) is 0 Å². The van der Waals surface area contributed by atoms with Crippen molar-refractivity contribution in [3.8, 4) is 16.9 Å². The van der Waals surface area contributed by atoms with E-state index in [2.05, 4.69) is 15.9 Å². The first-order valence-corrected chi connectivity index (χ1v) is 9.89. The first-order valence-electron chi connectivity index (χ1n) is 6.67. The van der Waals surface area contributed by atoms with Crippen LogP contribution in [-0.2, 0) is 10.0 Å². The number of rotatable bonds is 3. The van der Waals surface area contributed by atoms with Crippen LogP contribution in [0.1, 0.15) is 0 Å². The quantitative estimate of drug-likeness (QED) is 0.670. The summed E-state index contributed by atoms with van der Waals surface area (Å²) in [4.78, 5) is 10.6. The van der Waals surface area contributed by atoms with Gasteiger partial charge in [-0.25, -0.2) is 22.3 Å². The predicted molar refractivity (Wildman–Crippen MR) is 94.3 cm³/mol. The molecule has 5 nitrogen and oxygen atoms in total. The molecule has 2 aromatic carbocycles. The molecule has 0 aliphatic carbocycles. The summed E-state index contributed by atoms with van der Waals surface area (Å²) in [5.41, 5.74) is 0.751. The van der Waals surface area contributed by atoms with E-state index in [4.69, 9.17) is 5.14 Å². The van der Waals surface area contributed by atoms with E-state index in [1.54, 1.807) is 24.3 Å². The summed E-state index contributed by atoms with van der Waals surface area (Å²) < 4.78 is 52.8. The largest absolute Gasteiger partial charge is 0.312 e. The van der Waals surface area contributed by atoms with Gasteiger partial charge in [0.15, 0.2) is 4.90 Å². The minimum absolute atomic E-state index is 0.0173. The molecule has 3 aromatic rings. The molecule has 0 spiro atoms. The molecule has 0 atom stereocenters. The summed E-state index contributed by atoms with van der Waals surface area (Å²) in [6.45, 7) is 0. The average molecular weight is 447 g/mol. The van der Waals surface area contributed by atoms with Crippen molar-refractivity contribution in [2.45, 2.75) is 4.90 Å². The van der Waals surface area contributed by atoms with Crippen LogP contribution in [0.25, 0.3) is 16.9 Å². The van der Waals surface area contributed by atoms with E-state index in [1.807, 2.05) is 0 Å². The van der Waals surface area contributed by atoms with Gasteiger partial charge < -0.3 is 0 Å². The van der Waals surface area contributed by atoms with Gasteiger partial charge in [0.05, 0.1) is 11.4 Å². The third-order valence-corrected chi connectivity index (χ3v) is 5.57. The first-order chi connectivity index (χ1) is 11.7. The molecule has 2 N–H and O–H groups in total. The molecule has 0 aliphatic rings. The molecule has 0 aliphatic heterocycles. The van der Waals surface area contributed by atoms with Crippen LogP contribution in [0.4, 0.5) is 8.78 Å². The summed E-state index contributed by atoms with van der Waals surface area (Å²) in [6.07, 6.45) is 0. The Morgan fingerprint density at radius 3 is 2.16 bits per heavy atom. The third kappa shape index (κ3) is 3.43. The molecule has 10 heteroatoms. The van der Waals surface area contributed by atoms with Crippen LogP contribution in [0.2, 0.25) is 0 Å². The van der Waals surface area contributed by atoms with E-state index in [9.17, 15) is 22.0 Å². The van der Waals surface area contributed by atoms with Crippen molar-refractivity contribution >= 4 is 37.3 Å². The van der Waals surface area contributed by atoms with Gasteiger partial charge in [-0.15, -0.1) is 0 Å².